The molecule has 3 aromatic rings. The van der Waals surface area contributed by atoms with Crippen LogP contribution in [0.1, 0.15) is 41.0 Å². The van der Waals surface area contributed by atoms with Crippen LogP contribution in [0.5, 0.6) is 5.75 Å². The maximum absolute atomic E-state index is 6.22. The van der Waals surface area contributed by atoms with E-state index < -0.39 is 0 Å². The predicted octanol–water partition coefficient (Wildman–Crippen LogP) is 4.17. The Hall–Kier alpha value is -3.20. The van der Waals surface area contributed by atoms with Crippen LogP contribution < -0.4 is 15.4 Å². The summed E-state index contributed by atoms with van der Waals surface area (Å²) in [5.41, 5.74) is 5.29. The van der Waals surface area contributed by atoms with Gasteiger partial charge in [0.1, 0.15) is 18.1 Å². The molecule has 0 fully saturated rings. The number of hydrogen-bond donors (Lipinski definition) is 1. The maximum Gasteiger partial charge on any atom is 0.143 e. The molecule has 1 aromatic heterocycles. The van der Waals surface area contributed by atoms with Gasteiger partial charge in [-0.25, -0.2) is 0 Å². The molecule has 0 saturated heterocycles. The van der Waals surface area contributed by atoms with Crippen molar-refractivity contribution >= 4 is 11.8 Å². The third-order valence-electron chi connectivity index (χ3n) is 5.90. The van der Waals surface area contributed by atoms with Crippen molar-refractivity contribution in [3.8, 4) is 5.75 Å². The van der Waals surface area contributed by atoms with Gasteiger partial charge in [-0.1, -0.05) is 54.6 Å². The Balaban J connectivity index is 1.55. The number of hydrogen-bond acceptors (Lipinski definition) is 2. The van der Waals surface area contributed by atoms with Crippen molar-refractivity contribution in [2.24, 2.45) is 0 Å². The van der Waals surface area contributed by atoms with Gasteiger partial charge in [0.05, 0.1) is 12.5 Å². The van der Waals surface area contributed by atoms with Crippen LogP contribution in [0.15, 0.2) is 66.7 Å². The minimum absolute atomic E-state index is 0.381. The third-order valence-corrected chi connectivity index (χ3v) is 5.90. The molecule has 3 nitrogen and oxygen atoms in total. The summed E-state index contributed by atoms with van der Waals surface area (Å²) in [4.78, 5) is 3.67. The van der Waals surface area contributed by atoms with E-state index in [0.29, 0.717) is 12.5 Å². The molecule has 3 heteroatoms. The lowest BCUT2D eigenvalue weighted by atomic mass is 9.82. The lowest BCUT2D eigenvalue weighted by Gasteiger charge is -2.22. The predicted molar refractivity (Wildman–Crippen MR) is 116 cm³/mol. The molecule has 146 valence electrons. The van der Waals surface area contributed by atoms with E-state index in [-0.39, 0.29) is 0 Å². The molecule has 0 saturated carbocycles. The van der Waals surface area contributed by atoms with Crippen molar-refractivity contribution in [2.45, 2.75) is 31.8 Å². The average molecular weight is 383 g/mol. The standard InChI is InChI=1S/C26H25NO2/c1-28-20-11-5-10-19(16-20)21-12-6-14-23-25(21)22-13-7-15-24(26(22)27-23)29-17-18-8-3-2-4-9-18/h2-5,7-11,14-16,21,27H,6,12-13,17H2,1H3. The van der Waals surface area contributed by atoms with E-state index in [9.17, 15) is 0 Å². The highest BCUT2D eigenvalue weighted by molar-refractivity contribution is 5.57. The summed E-state index contributed by atoms with van der Waals surface area (Å²) in [6.45, 7) is 0.576. The number of aromatic nitrogens is 1. The Morgan fingerprint density at radius 1 is 1.07 bits per heavy atom. The van der Waals surface area contributed by atoms with Gasteiger partial charge >= 0.3 is 0 Å². The van der Waals surface area contributed by atoms with Crippen molar-refractivity contribution in [2.75, 3.05) is 7.11 Å². The van der Waals surface area contributed by atoms with Gasteiger partial charge in [0.15, 0.2) is 0 Å². The zero-order valence-corrected chi connectivity index (χ0v) is 16.7. The molecule has 0 aliphatic heterocycles. The minimum Gasteiger partial charge on any atom is -0.497 e. The summed E-state index contributed by atoms with van der Waals surface area (Å²) in [6, 6.07) is 18.8. The van der Waals surface area contributed by atoms with Crippen LogP contribution >= 0.6 is 0 Å². The van der Waals surface area contributed by atoms with Crippen LogP contribution in [0, 0.1) is 0 Å². The van der Waals surface area contributed by atoms with E-state index in [2.05, 4.69) is 53.5 Å². The second-order valence-electron chi connectivity index (χ2n) is 7.66. The van der Waals surface area contributed by atoms with E-state index in [1.54, 1.807) is 7.11 Å². The van der Waals surface area contributed by atoms with Crippen LogP contribution in [-0.2, 0) is 17.8 Å². The Labute approximate surface area is 171 Å². The van der Waals surface area contributed by atoms with Crippen LogP contribution in [-0.4, -0.2) is 12.1 Å². The lowest BCUT2D eigenvalue weighted by molar-refractivity contribution is 0.263. The van der Waals surface area contributed by atoms with E-state index in [4.69, 9.17) is 9.47 Å². The molecule has 2 aliphatic carbocycles. The fourth-order valence-electron chi connectivity index (χ4n) is 4.51. The first kappa shape index (κ1) is 17.9. The average Bonchev–Trinajstić information content (AvgIpc) is 3.18. The van der Waals surface area contributed by atoms with Gasteiger partial charge in [-0.05, 0) is 59.7 Å². The molecule has 5 rings (SSSR count). The smallest absolute Gasteiger partial charge is 0.143 e. The number of H-pyrrole nitrogens is 1. The number of ether oxygens (including phenoxy) is 2. The summed E-state index contributed by atoms with van der Waals surface area (Å²) in [5, 5.41) is 2.39. The number of methoxy groups -OCH3 is 1. The first-order chi connectivity index (χ1) is 14.3. The Kier molecular flexibility index (Phi) is 4.73. The fourth-order valence-corrected chi connectivity index (χ4v) is 4.51. The Morgan fingerprint density at radius 3 is 2.83 bits per heavy atom. The maximum atomic E-state index is 6.22. The number of allylic oxidation sites excluding steroid dienone is 1. The third kappa shape index (κ3) is 3.38. The van der Waals surface area contributed by atoms with Crippen molar-refractivity contribution < 1.29 is 9.47 Å². The van der Waals surface area contributed by atoms with Crippen molar-refractivity contribution in [1.29, 1.82) is 0 Å². The van der Waals surface area contributed by atoms with Gasteiger partial charge in [-0.3, -0.25) is 0 Å². The van der Waals surface area contributed by atoms with Gasteiger partial charge in [-0.15, -0.1) is 0 Å². The summed E-state index contributed by atoms with van der Waals surface area (Å²) < 4.78 is 11.7. The van der Waals surface area contributed by atoms with Crippen molar-refractivity contribution in [3.63, 3.8) is 0 Å². The zero-order chi connectivity index (χ0) is 19.6. The molecule has 1 unspecified atom stereocenters. The highest BCUT2D eigenvalue weighted by atomic mass is 16.5. The second-order valence-corrected chi connectivity index (χ2v) is 7.66. The topological polar surface area (TPSA) is 34.2 Å². The minimum atomic E-state index is 0.381. The van der Waals surface area contributed by atoms with Gasteiger partial charge < -0.3 is 14.5 Å². The van der Waals surface area contributed by atoms with Gasteiger partial charge in [-0.2, -0.15) is 0 Å². The SMILES string of the molecule is COc1cccc(C2CCC=c3[nH]c4c(c32)CC=CC=4OCc2ccccc2)c1. The summed E-state index contributed by atoms with van der Waals surface area (Å²) in [6.07, 6.45) is 9.78. The fraction of sp³-hybridized carbons (Fsp3) is 0.231. The first-order valence-corrected chi connectivity index (χ1v) is 10.3. The quantitative estimate of drug-likeness (QED) is 0.718. The molecule has 1 heterocycles. The molecule has 1 N–H and O–H groups in total. The van der Waals surface area contributed by atoms with E-state index in [0.717, 1.165) is 36.1 Å². The number of fused-ring (bicyclic) bond motifs is 3. The molecule has 0 bridgehead atoms. The molecule has 0 spiro atoms. The molecule has 2 aliphatic rings. The van der Waals surface area contributed by atoms with Crippen LogP contribution in [0.2, 0.25) is 0 Å². The van der Waals surface area contributed by atoms with Crippen LogP contribution in [0.25, 0.3) is 11.8 Å². The van der Waals surface area contributed by atoms with Gasteiger partial charge in [0, 0.05) is 11.3 Å². The first-order valence-electron chi connectivity index (χ1n) is 10.3. The number of nitrogens with one attached hydrogen (secondary N) is 1. The highest BCUT2D eigenvalue weighted by Crippen LogP contribution is 2.33. The molecule has 29 heavy (non-hydrogen) atoms. The summed E-state index contributed by atoms with van der Waals surface area (Å²) in [7, 11) is 1.73. The highest BCUT2D eigenvalue weighted by Gasteiger charge is 2.25. The number of benzene rings is 2. The van der Waals surface area contributed by atoms with E-state index >= 15 is 0 Å². The van der Waals surface area contributed by atoms with Crippen LogP contribution in [0.3, 0.4) is 0 Å². The summed E-state index contributed by atoms with van der Waals surface area (Å²) >= 11 is 0. The van der Waals surface area contributed by atoms with E-state index in [1.165, 1.54) is 27.6 Å². The lowest BCUT2D eigenvalue weighted by Crippen LogP contribution is -2.19. The monoisotopic (exact) mass is 383 g/mol. The molecule has 0 radical (unpaired) electrons. The molecular weight excluding hydrogens is 358 g/mol. The van der Waals surface area contributed by atoms with Gasteiger partial charge in [0.2, 0.25) is 0 Å². The van der Waals surface area contributed by atoms with E-state index in [1.807, 2.05) is 24.3 Å². The van der Waals surface area contributed by atoms with Crippen molar-refractivity contribution in [1.82, 2.24) is 4.98 Å². The molecule has 1 atom stereocenters. The van der Waals surface area contributed by atoms with Crippen LogP contribution in [0.4, 0.5) is 0 Å². The molecule has 2 aromatic carbocycles. The summed E-state index contributed by atoms with van der Waals surface area (Å²) in [5.74, 6) is 2.23. The Morgan fingerprint density at radius 2 is 1.97 bits per heavy atom. The zero-order valence-electron chi connectivity index (χ0n) is 16.7. The van der Waals surface area contributed by atoms with Gasteiger partial charge in [0.25, 0.3) is 0 Å². The number of rotatable bonds is 5. The normalized spacial score (nSPS) is 17.3. The van der Waals surface area contributed by atoms with Crippen molar-refractivity contribution in [3.05, 3.63) is 99.7 Å². The molecular formula is C26H25NO2. The molecule has 0 amide bonds. The Bertz CT molecular complexity index is 1170. The number of aromatic amines is 1. The second kappa shape index (κ2) is 7.67. The largest absolute Gasteiger partial charge is 0.497 e.